The monoisotopic (exact) mass is 437 g/mol. The van der Waals surface area contributed by atoms with Crippen molar-refractivity contribution in [2.24, 2.45) is 5.41 Å². The highest BCUT2D eigenvalue weighted by atomic mass is 16.7. The highest BCUT2D eigenvalue weighted by molar-refractivity contribution is 6.09. The molecular weight excluding hydrogens is 410 g/mol. The van der Waals surface area contributed by atoms with E-state index in [1.165, 1.54) is 4.90 Å². The number of ether oxygens (including phenoxy) is 2. The van der Waals surface area contributed by atoms with Crippen molar-refractivity contribution in [2.45, 2.75) is 26.3 Å². The lowest BCUT2D eigenvalue weighted by atomic mass is 9.77. The lowest BCUT2D eigenvalue weighted by Gasteiger charge is -2.34. The molecule has 0 radical (unpaired) electrons. The number of rotatable bonds is 4. The molecule has 2 amide bonds. The molecule has 0 spiro atoms. The van der Waals surface area contributed by atoms with E-state index in [9.17, 15) is 14.4 Å². The van der Waals surface area contributed by atoms with E-state index in [-0.39, 0.29) is 37.4 Å². The Morgan fingerprint density at radius 3 is 2.78 bits per heavy atom. The standard InChI is InChI=1S/C24H27N3O5/c1-24(2)9-5-4-6-10-25-21(16(24)12-17-23(30)27(3)13-20(28)26-17)22(29)15-7-8-18-19(11-15)32-14-31-18/h4-9,11,17,25H,10,12-14H2,1-3H3,(H,26,28)/b6-4-,9-5-,21-16-. The third-order valence-corrected chi connectivity index (χ3v) is 5.90. The molecule has 168 valence electrons. The van der Waals surface area contributed by atoms with Crippen LogP contribution < -0.4 is 20.1 Å². The summed E-state index contributed by atoms with van der Waals surface area (Å²) in [6.07, 6.45) is 7.98. The summed E-state index contributed by atoms with van der Waals surface area (Å²) in [7, 11) is 1.61. The number of nitrogens with zero attached hydrogens (tertiary/aromatic N) is 1. The minimum atomic E-state index is -0.737. The Morgan fingerprint density at radius 2 is 1.97 bits per heavy atom. The maximum atomic E-state index is 13.7. The highest BCUT2D eigenvalue weighted by Crippen LogP contribution is 2.37. The van der Waals surface area contributed by atoms with E-state index in [1.807, 2.05) is 38.2 Å². The fourth-order valence-corrected chi connectivity index (χ4v) is 4.10. The van der Waals surface area contributed by atoms with Gasteiger partial charge in [0, 0.05) is 31.0 Å². The van der Waals surface area contributed by atoms with Crippen molar-refractivity contribution < 1.29 is 23.9 Å². The number of benzene rings is 1. The zero-order valence-electron chi connectivity index (χ0n) is 18.4. The molecule has 1 atom stereocenters. The molecular formula is C24H27N3O5. The Kier molecular flexibility index (Phi) is 5.78. The molecule has 0 aromatic heterocycles. The molecule has 3 aliphatic rings. The summed E-state index contributed by atoms with van der Waals surface area (Å²) in [6.45, 7) is 4.58. The average Bonchev–Trinajstić information content (AvgIpc) is 3.23. The summed E-state index contributed by atoms with van der Waals surface area (Å²) in [5.74, 6) is 0.523. The number of amides is 2. The third-order valence-electron chi connectivity index (χ3n) is 5.90. The summed E-state index contributed by atoms with van der Waals surface area (Å²) < 4.78 is 10.8. The van der Waals surface area contributed by atoms with Crippen molar-refractivity contribution in [3.05, 3.63) is 59.3 Å². The first-order chi connectivity index (χ1) is 15.3. The van der Waals surface area contributed by atoms with Crippen LogP contribution in [0.4, 0.5) is 0 Å². The second-order valence-electron chi connectivity index (χ2n) is 8.66. The van der Waals surface area contributed by atoms with Gasteiger partial charge in [-0.1, -0.05) is 38.2 Å². The fourth-order valence-electron chi connectivity index (χ4n) is 4.10. The Morgan fingerprint density at radius 1 is 1.19 bits per heavy atom. The zero-order valence-corrected chi connectivity index (χ0v) is 18.4. The van der Waals surface area contributed by atoms with Crippen molar-refractivity contribution in [3.8, 4) is 11.5 Å². The van der Waals surface area contributed by atoms with Gasteiger partial charge in [-0.05, 0) is 23.8 Å². The summed E-state index contributed by atoms with van der Waals surface area (Å²) in [4.78, 5) is 40.0. The van der Waals surface area contributed by atoms with Crippen molar-refractivity contribution in [3.63, 3.8) is 0 Å². The molecule has 0 saturated carbocycles. The van der Waals surface area contributed by atoms with Gasteiger partial charge in [0.2, 0.25) is 24.4 Å². The van der Waals surface area contributed by atoms with Crippen LogP contribution in [-0.2, 0) is 9.59 Å². The maximum Gasteiger partial charge on any atom is 0.245 e. The van der Waals surface area contributed by atoms with Gasteiger partial charge in [-0.3, -0.25) is 14.4 Å². The smallest absolute Gasteiger partial charge is 0.245 e. The number of likely N-dealkylation sites (N-methyl/N-ethyl adjacent to an activating group) is 1. The molecule has 0 bridgehead atoms. The van der Waals surface area contributed by atoms with Crippen LogP contribution in [0.1, 0.15) is 30.6 Å². The highest BCUT2D eigenvalue weighted by Gasteiger charge is 2.36. The van der Waals surface area contributed by atoms with E-state index in [1.54, 1.807) is 25.2 Å². The molecule has 1 fully saturated rings. The van der Waals surface area contributed by atoms with E-state index in [2.05, 4.69) is 10.6 Å². The van der Waals surface area contributed by atoms with Crippen LogP contribution >= 0.6 is 0 Å². The molecule has 3 heterocycles. The summed E-state index contributed by atoms with van der Waals surface area (Å²) in [5, 5.41) is 6.04. The Labute approximate surface area is 186 Å². The van der Waals surface area contributed by atoms with Crippen LogP contribution in [0.15, 0.2) is 53.8 Å². The first-order valence-corrected chi connectivity index (χ1v) is 10.6. The molecule has 4 rings (SSSR count). The SMILES string of the molecule is CN1CC(=O)NC(C/C2=C(\C(=O)c3ccc4c(c3)OCO4)NC/C=C\C=C/C2(C)C)C1=O. The predicted molar refractivity (Wildman–Crippen MR) is 118 cm³/mol. The maximum absolute atomic E-state index is 13.7. The van der Waals surface area contributed by atoms with Gasteiger partial charge in [0.05, 0.1) is 12.2 Å². The van der Waals surface area contributed by atoms with Gasteiger partial charge in [0.15, 0.2) is 11.5 Å². The van der Waals surface area contributed by atoms with E-state index < -0.39 is 11.5 Å². The van der Waals surface area contributed by atoms with Crippen molar-refractivity contribution >= 4 is 17.6 Å². The number of hydrogen-bond acceptors (Lipinski definition) is 6. The molecule has 8 heteroatoms. The molecule has 0 aliphatic carbocycles. The average molecular weight is 437 g/mol. The largest absolute Gasteiger partial charge is 0.454 e. The summed E-state index contributed by atoms with van der Waals surface area (Å²) in [6, 6.07) is 4.35. The van der Waals surface area contributed by atoms with Gasteiger partial charge in [0.1, 0.15) is 6.04 Å². The number of ketones is 1. The van der Waals surface area contributed by atoms with Crippen molar-refractivity contribution in [2.75, 3.05) is 26.9 Å². The third kappa shape index (κ3) is 4.26. The lowest BCUT2D eigenvalue weighted by Crippen LogP contribution is -2.57. The number of nitrogens with one attached hydrogen (secondary N) is 2. The molecule has 8 nitrogen and oxygen atoms in total. The molecule has 1 saturated heterocycles. The number of carbonyl (C=O) groups excluding carboxylic acids is 3. The normalized spacial score (nSPS) is 26.3. The first-order valence-electron chi connectivity index (χ1n) is 10.6. The Hall–Kier alpha value is -3.55. The fraction of sp³-hybridized carbons (Fsp3) is 0.375. The van der Waals surface area contributed by atoms with E-state index in [0.717, 1.165) is 5.57 Å². The van der Waals surface area contributed by atoms with Crippen LogP contribution in [0.5, 0.6) is 11.5 Å². The minimum Gasteiger partial charge on any atom is -0.454 e. The van der Waals surface area contributed by atoms with Crippen LogP contribution in [0.2, 0.25) is 0 Å². The second kappa shape index (κ2) is 8.53. The van der Waals surface area contributed by atoms with Gasteiger partial charge in [-0.15, -0.1) is 0 Å². The molecule has 3 aliphatic heterocycles. The number of piperazine rings is 1. The topological polar surface area (TPSA) is 97.0 Å². The van der Waals surface area contributed by atoms with Gasteiger partial charge in [0.25, 0.3) is 0 Å². The minimum absolute atomic E-state index is 0.0306. The van der Waals surface area contributed by atoms with Crippen LogP contribution in [0.3, 0.4) is 0 Å². The van der Waals surface area contributed by atoms with E-state index >= 15 is 0 Å². The second-order valence-corrected chi connectivity index (χ2v) is 8.66. The van der Waals surface area contributed by atoms with Gasteiger partial charge in [-0.2, -0.15) is 0 Å². The summed E-state index contributed by atoms with van der Waals surface area (Å²) in [5.41, 5.74) is 1.06. The number of hydrogen-bond donors (Lipinski definition) is 2. The number of allylic oxidation sites excluding steroid dienone is 4. The number of Topliss-reactive ketones (excluding diaryl/α,β-unsaturated/α-hetero) is 1. The molecule has 1 aromatic rings. The summed E-state index contributed by atoms with van der Waals surface area (Å²) >= 11 is 0. The molecule has 1 aromatic carbocycles. The Bertz CT molecular complexity index is 1050. The quantitative estimate of drug-likeness (QED) is 0.699. The van der Waals surface area contributed by atoms with Crippen molar-refractivity contribution in [1.82, 2.24) is 15.5 Å². The zero-order chi connectivity index (χ0) is 22.9. The van der Waals surface area contributed by atoms with Gasteiger partial charge in [-0.25, -0.2) is 0 Å². The van der Waals surface area contributed by atoms with E-state index in [4.69, 9.17) is 9.47 Å². The van der Waals surface area contributed by atoms with Crippen LogP contribution in [0, 0.1) is 5.41 Å². The van der Waals surface area contributed by atoms with Crippen LogP contribution in [0.25, 0.3) is 0 Å². The molecule has 32 heavy (non-hydrogen) atoms. The number of fused-ring (bicyclic) bond motifs is 1. The number of carbonyl (C=O) groups is 3. The first kappa shape index (κ1) is 21.7. The lowest BCUT2D eigenvalue weighted by molar-refractivity contribution is -0.142. The molecule has 2 N–H and O–H groups in total. The predicted octanol–water partition coefficient (Wildman–Crippen LogP) is 1.94. The van der Waals surface area contributed by atoms with Crippen molar-refractivity contribution in [1.29, 1.82) is 0 Å². The van der Waals surface area contributed by atoms with E-state index in [0.29, 0.717) is 29.3 Å². The molecule has 1 unspecified atom stereocenters. The van der Waals surface area contributed by atoms with Crippen LogP contribution in [-0.4, -0.2) is 55.5 Å². The Balaban J connectivity index is 1.77. The van der Waals surface area contributed by atoms with Gasteiger partial charge < -0.3 is 25.0 Å². The van der Waals surface area contributed by atoms with Gasteiger partial charge >= 0.3 is 0 Å².